The van der Waals surface area contributed by atoms with Crippen molar-refractivity contribution in [1.82, 2.24) is 4.98 Å². The van der Waals surface area contributed by atoms with E-state index in [2.05, 4.69) is 10.3 Å². The van der Waals surface area contributed by atoms with E-state index >= 15 is 0 Å². The van der Waals surface area contributed by atoms with Crippen molar-refractivity contribution in [3.63, 3.8) is 0 Å². The number of aryl methyl sites for hydroxylation is 1. The number of amides is 1. The minimum Gasteiger partial charge on any atom is -0.319 e. The number of halogens is 2. The van der Waals surface area contributed by atoms with Crippen LogP contribution >= 0.6 is 22.9 Å². The zero-order chi connectivity index (χ0) is 13.1. The lowest BCUT2D eigenvalue weighted by Gasteiger charge is -2.04. The van der Waals surface area contributed by atoms with Crippen LogP contribution in [0.1, 0.15) is 21.6 Å². The predicted molar refractivity (Wildman–Crippen MR) is 70.9 cm³/mol. The molecule has 0 bridgehead atoms. The molecule has 0 fully saturated rings. The molecule has 0 radical (unpaired) electrons. The molecule has 6 heteroatoms. The number of hydrogen-bond acceptors (Lipinski definition) is 3. The summed E-state index contributed by atoms with van der Waals surface area (Å²) in [6, 6.07) is 4.01. The zero-order valence-corrected chi connectivity index (χ0v) is 11.1. The molecule has 2 aromatic rings. The monoisotopic (exact) mass is 284 g/mol. The molecule has 94 valence electrons. The SMILES string of the molecule is CCc1ncc(C(=O)Nc2cc(Cl)ccc2F)s1. The summed E-state index contributed by atoms with van der Waals surface area (Å²) >= 11 is 7.04. The van der Waals surface area contributed by atoms with Gasteiger partial charge in [-0.25, -0.2) is 9.37 Å². The first-order valence-electron chi connectivity index (χ1n) is 5.31. The first kappa shape index (κ1) is 13.0. The third-order valence-electron chi connectivity index (χ3n) is 2.26. The predicted octanol–water partition coefficient (Wildman–Crippen LogP) is 3.75. The molecule has 0 spiro atoms. The number of nitrogens with zero attached hydrogens (tertiary/aromatic N) is 1. The van der Waals surface area contributed by atoms with Crippen LogP contribution in [0.15, 0.2) is 24.4 Å². The van der Waals surface area contributed by atoms with Gasteiger partial charge in [0.25, 0.3) is 5.91 Å². The maximum Gasteiger partial charge on any atom is 0.267 e. The summed E-state index contributed by atoms with van der Waals surface area (Å²) in [4.78, 5) is 16.4. The molecule has 2 rings (SSSR count). The summed E-state index contributed by atoms with van der Waals surface area (Å²) in [5.74, 6) is -0.902. The van der Waals surface area contributed by atoms with Crippen molar-refractivity contribution in [2.24, 2.45) is 0 Å². The third-order valence-corrected chi connectivity index (χ3v) is 3.63. The molecule has 1 amide bonds. The van der Waals surface area contributed by atoms with Crippen LogP contribution in [0.5, 0.6) is 0 Å². The van der Waals surface area contributed by atoms with Crippen LogP contribution in [-0.4, -0.2) is 10.9 Å². The Morgan fingerprint density at radius 1 is 1.56 bits per heavy atom. The maximum atomic E-state index is 13.4. The van der Waals surface area contributed by atoms with E-state index < -0.39 is 5.82 Å². The fraction of sp³-hybridized carbons (Fsp3) is 0.167. The molecule has 1 heterocycles. The molecular weight excluding hydrogens is 275 g/mol. The van der Waals surface area contributed by atoms with Gasteiger partial charge >= 0.3 is 0 Å². The summed E-state index contributed by atoms with van der Waals surface area (Å²) in [6.07, 6.45) is 2.25. The number of thiazole rings is 1. The molecule has 0 aliphatic heterocycles. The number of rotatable bonds is 3. The molecule has 0 aliphatic rings. The van der Waals surface area contributed by atoms with Crippen molar-refractivity contribution in [3.05, 3.63) is 45.1 Å². The van der Waals surface area contributed by atoms with Crippen LogP contribution in [0, 0.1) is 5.82 Å². The third kappa shape index (κ3) is 2.86. The van der Waals surface area contributed by atoms with E-state index in [-0.39, 0.29) is 11.6 Å². The van der Waals surface area contributed by atoms with E-state index in [1.165, 1.54) is 35.7 Å². The molecule has 1 aromatic heterocycles. The Labute approximate surface area is 113 Å². The molecule has 3 nitrogen and oxygen atoms in total. The Kier molecular flexibility index (Phi) is 3.93. The highest BCUT2D eigenvalue weighted by atomic mass is 35.5. The van der Waals surface area contributed by atoms with Gasteiger partial charge in [-0.2, -0.15) is 0 Å². The van der Waals surface area contributed by atoms with Gasteiger partial charge in [-0.1, -0.05) is 18.5 Å². The van der Waals surface area contributed by atoms with E-state index in [1.54, 1.807) is 0 Å². The van der Waals surface area contributed by atoms with Gasteiger partial charge in [0.1, 0.15) is 10.7 Å². The highest BCUT2D eigenvalue weighted by Crippen LogP contribution is 2.21. The Morgan fingerprint density at radius 2 is 2.33 bits per heavy atom. The van der Waals surface area contributed by atoms with Gasteiger partial charge in [0.05, 0.1) is 16.9 Å². The highest BCUT2D eigenvalue weighted by Gasteiger charge is 2.12. The average molecular weight is 285 g/mol. The molecule has 1 aromatic carbocycles. The minimum absolute atomic E-state index is 0.0685. The van der Waals surface area contributed by atoms with E-state index in [0.29, 0.717) is 9.90 Å². The highest BCUT2D eigenvalue weighted by molar-refractivity contribution is 7.13. The standard InChI is InChI=1S/C12H10ClFN2OS/c1-2-11-15-6-10(18-11)12(17)16-9-5-7(13)3-4-8(9)14/h3-6H,2H2,1H3,(H,16,17). The zero-order valence-electron chi connectivity index (χ0n) is 9.54. The lowest BCUT2D eigenvalue weighted by atomic mass is 10.3. The second-order valence-corrected chi connectivity index (χ2v) is 5.10. The first-order chi connectivity index (χ1) is 8.60. The summed E-state index contributed by atoms with van der Waals surface area (Å²) in [5.41, 5.74) is 0.0685. The van der Waals surface area contributed by atoms with Gasteiger partial charge < -0.3 is 5.32 Å². The van der Waals surface area contributed by atoms with Crippen molar-refractivity contribution in [1.29, 1.82) is 0 Å². The van der Waals surface area contributed by atoms with Crippen molar-refractivity contribution < 1.29 is 9.18 Å². The largest absolute Gasteiger partial charge is 0.319 e. The fourth-order valence-electron chi connectivity index (χ4n) is 1.36. The van der Waals surface area contributed by atoms with Crippen molar-refractivity contribution in [2.75, 3.05) is 5.32 Å². The second-order valence-electron chi connectivity index (χ2n) is 3.55. The smallest absolute Gasteiger partial charge is 0.267 e. The quantitative estimate of drug-likeness (QED) is 0.933. The Hall–Kier alpha value is -1.46. The molecule has 1 N–H and O–H groups in total. The average Bonchev–Trinajstić information content (AvgIpc) is 2.82. The first-order valence-corrected chi connectivity index (χ1v) is 6.50. The molecule has 0 saturated heterocycles. The van der Waals surface area contributed by atoms with Crippen LogP contribution in [-0.2, 0) is 6.42 Å². The normalized spacial score (nSPS) is 10.4. The number of nitrogens with one attached hydrogen (secondary N) is 1. The van der Waals surface area contributed by atoms with Gasteiger partial charge in [0.15, 0.2) is 0 Å². The number of aromatic nitrogens is 1. The molecule has 0 unspecified atom stereocenters. The van der Waals surface area contributed by atoms with Gasteiger partial charge in [-0.05, 0) is 24.6 Å². The van der Waals surface area contributed by atoms with E-state index in [9.17, 15) is 9.18 Å². The van der Waals surface area contributed by atoms with Crippen LogP contribution in [0.4, 0.5) is 10.1 Å². The van der Waals surface area contributed by atoms with E-state index in [0.717, 1.165) is 11.4 Å². The molecule has 0 saturated carbocycles. The van der Waals surface area contributed by atoms with Crippen molar-refractivity contribution >= 4 is 34.5 Å². The van der Waals surface area contributed by atoms with Gasteiger partial charge in [0.2, 0.25) is 0 Å². The van der Waals surface area contributed by atoms with Crippen LogP contribution in [0.2, 0.25) is 5.02 Å². The van der Waals surface area contributed by atoms with Crippen LogP contribution in [0.25, 0.3) is 0 Å². The van der Waals surface area contributed by atoms with Crippen LogP contribution < -0.4 is 5.32 Å². The Morgan fingerprint density at radius 3 is 3.00 bits per heavy atom. The fourth-order valence-corrected chi connectivity index (χ4v) is 2.28. The minimum atomic E-state index is -0.520. The lowest BCUT2D eigenvalue weighted by molar-refractivity contribution is 0.103. The second kappa shape index (κ2) is 5.46. The van der Waals surface area contributed by atoms with Gasteiger partial charge in [0, 0.05) is 5.02 Å². The summed E-state index contributed by atoms with van der Waals surface area (Å²) in [5, 5.41) is 3.71. The Bertz CT molecular complexity index is 585. The maximum absolute atomic E-state index is 13.4. The summed E-state index contributed by atoms with van der Waals surface area (Å²) in [6.45, 7) is 1.96. The topological polar surface area (TPSA) is 42.0 Å². The number of anilines is 1. The number of carbonyl (C=O) groups is 1. The van der Waals surface area contributed by atoms with Crippen molar-refractivity contribution in [3.8, 4) is 0 Å². The van der Waals surface area contributed by atoms with Crippen LogP contribution in [0.3, 0.4) is 0 Å². The van der Waals surface area contributed by atoms with E-state index in [1.807, 2.05) is 6.92 Å². The molecule has 0 atom stereocenters. The number of benzene rings is 1. The number of carbonyl (C=O) groups excluding carboxylic acids is 1. The molecule has 18 heavy (non-hydrogen) atoms. The lowest BCUT2D eigenvalue weighted by Crippen LogP contribution is -2.11. The van der Waals surface area contributed by atoms with E-state index in [4.69, 9.17) is 11.6 Å². The van der Waals surface area contributed by atoms with Crippen molar-refractivity contribution in [2.45, 2.75) is 13.3 Å². The number of hydrogen-bond donors (Lipinski definition) is 1. The summed E-state index contributed by atoms with van der Waals surface area (Å²) in [7, 11) is 0. The summed E-state index contributed by atoms with van der Waals surface area (Å²) < 4.78 is 13.4. The Balaban J connectivity index is 2.18. The molecule has 0 aliphatic carbocycles. The van der Waals surface area contributed by atoms with Gasteiger partial charge in [-0.3, -0.25) is 4.79 Å². The van der Waals surface area contributed by atoms with Gasteiger partial charge in [-0.15, -0.1) is 11.3 Å². The molecular formula is C12H10ClFN2OS.